The molecule has 3 heteroatoms. The summed E-state index contributed by atoms with van der Waals surface area (Å²) in [4.78, 5) is 4.59. The molecule has 0 radical (unpaired) electrons. The summed E-state index contributed by atoms with van der Waals surface area (Å²) in [5.74, 6) is 0.679. The molecule has 1 heterocycles. The van der Waals surface area contributed by atoms with Crippen LogP contribution < -0.4 is 5.32 Å². The van der Waals surface area contributed by atoms with E-state index in [1.165, 1.54) is 11.1 Å². The van der Waals surface area contributed by atoms with Crippen molar-refractivity contribution in [1.29, 1.82) is 0 Å². The van der Waals surface area contributed by atoms with Gasteiger partial charge in [0.05, 0.1) is 5.69 Å². The van der Waals surface area contributed by atoms with Gasteiger partial charge in [-0.2, -0.15) is 0 Å². The van der Waals surface area contributed by atoms with Crippen LogP contribution in [0.1, 0.15) is 36.2 Å². The van der Waals surface area contributed by atoms with Gasteiger partial charge >= 0.3 is 0 Å². The second-order valence-electron chi connectivity index (χ2n) is 5.77. The molecule has 0 amide bonds. The lowest BCUT2D eigenvalue weighted by atomic mass is 10.0. The molecule has 118 valence electrons. The van der Waals surface area contributed by atoms with Gasteiger partial charge in [-0.1, -0.05) is 55.0 Å². The van der Waals surface area contributed by atoms with Crippen molar-refractivity contribution in [3.8, 4) is 11.5 Å². The van der Waals surface area contributed by atoms with Crippen molar-refractivity contribution in [2.45, 2.75) is 32.9 Å². The Kier molecular flexibility index (Phi) is 4.89. The Morgan fingerprint density at radius 2 is 1.91 bits per heavy atom. The first-order valence-electron chi connectivity index (χ1n) is 8.06. The molecule has 0 aliphatic rings. The highest BCUT2D eigenvalue weighted by atomic mass is 16.3. The lowest BCUT2D eigenvalue weighted by molar-refractivity contribution is 0.511. The third kappa shape index (κ3) is 3.88. The molecule has 2 aromatic carbocycles. The summed E-state index contributed by atoms with van der Waals surface area (Å²) in [5.41, 5.74) is 4.45. The van der Waals surface area contributed by atoms with Crippen LogP contribution >= 0.6 is 0 Å². The normalized spacial score (nSPS) is 12.3. The van der Waals surface area contributed by atoms with Crippen LogP contribution in [0.2, 0.25) is 0 Å². The van der Waals surface area contributed by atoms with Crippen molar-refractivity contribution >= 4 is 0 Å². The summed E-state index contributed by atoms with van der Waals surface area (Å²) in [6.45, 7) is 4.95. The number of hydrogen-bond donors (Lipinski definition) is 1. The fourth-order valence-corrected chi connectivity index (χ4v) is 2.71. The largest absolute Gasteiger partial charge is 0.444 e. The summed E-state index contributed by atoms with van der Waals surface area (Å²) in [6, 6.07) is 19.0. The minimum Gasteiger partial charge on any atom is -0.444 e. The first-order chi connectivity index (χ1) is 11.3. The molecule has 0 bridgehead atoms. The highest BCUT2D eigenvalue weighted by molar-refractivity contribution is 5.54. The van der Waals surface area contributed by atoms with Gasteiger partial charge < -0.3 is 9.73 Å². The molecular weight excluding hydrogens is 284 g/mol. The molecule has 23 heavy (non-hydrogen) atoms. The number of nitrogens with one attached hydrogen (secondary N) is 1. The molecule has 0 spiro atoms. The molecule has 0 fully saturated rings. The molecule has 1 N–H and O–H groups in total. The van der Waals surface area contributed by atoms with E-state index in [2.05, 4.69) is 60.5 Å². The van der Waals surface area contributed by atoms with Crippen LogP contribution in [0.3, 0.4) is 0 Å². The predicted molar refractivity (Wildman–Crippen MR) is 93.0 cm³/mol. The molecule has 1 aromatic heterocycles. The molecule has 0 saturated heterocycles. The van der Waals surface area contributed by atoms with Crippen LogP contribution in [0.5, 0.6) is 0 Å². The van der Waals surface area contributed by atoms with Gasteiger partial charge in [-0.3, -0.25) is 0 Å². The lowest BCUT2D eigenvalue weighted by Crippen LogP contribution is -2.20. The lowest BCUT2D eigenvalue weighted by Gasteiger charge is -2.16. The Morgan fingerprint density at radius 1 is 1.09 bits per heavy atom. The summed E-state index contributed by atoms with van der Waals surface area (Å²) in [5, 5.41) is 3.56. The summed E-state index contributed by atoms with van der Waals surface area (Å²) in [7, 11) is 0. The maximum absolute atomic E-state index is 5.63. The van der Waals surface area contributed by atoms with Gasteiger partial charge in [0.15, 0.2) is 0 Å². The monoisotopic (exact) mass is 306 g/mol. The first kappa shape index (κ1) is 15.5. The molecule has 0 aliphatic heterocycles. The maximum atomic E-state index is 5.63. The number of rotatable bonds is 6. The molecule has 1 atom stereocenters. The minimum absolute atomic E-state index is 0.329. The standard InChI is InChI=1S/C20H22N2O/c1-3-19(16-9-5-4-6-10-16)21-13-18-14-23-20(22-18)17-11-7-8-15(2)12-17/h4-12,14,19,21H,3,13H2,1-2H3. The molecule has 0 saturated carbocycles. The molecule has 3 nitrogen and oxygen atoms in total. The Hall–Kier alpha value is -2.39. The molecular formula is C20H22N2O. The van der Waals surface area contributed by atoms with Crippen LogP contribution in [-0.4, -0.2) is 4.98 Å². The number of aryl methyl sites for hydroxylation is 1. The van der Waals surface area contributed by atoms with Crippen LogP contribution in [0.4, 0.5) is 0 Å². The average Bonchev–Trinajstić information content (AvgIpc) is 3.05. The Bertz CT molecular complexity index is 749. The number of aromatic nitrogens is 1. The zero-order valence-corrected chi connectivity index (χ0v) is 13.6. The van der Waals surface area contributed by atoms with Crippen molar-refractivity contribution in [3.05, 3.63) is 77.7 Å². The topological polar surface area (TPSA) is 38.1 Å². The van der Waals surface area contributed by atoms with Crippen LogP contribution in [0.25, 0.3) is 11.5 Å². The zero-order chi connectivity index (χ0) is 16.1. The zero-order valence-electron chi connectivity index (χ0n) is 13.6. The van der Waals surface area contributed by atoms with E-state index in [1.807, 2.05) is 18.2 Å². The third-order valence-electron chi connectivity index (χ3n) is 3.96. The van der Waals surface area contributed by atoms with E-state index in [-0.39, 0.29) is 0 Å². The van der Waals surface area contributed by atoms with Gasteiger partial charge in [-0.15, -0.1) is 0 Å². The van der Waals surface area contributed by atoms with Crippen molar-refractivity contribution in [1.82, 2.24) is 10.3 Å². The fourth-order valence-electron chi connectivity index (χ4n) is 2.71. The second kappa shape index (κ2) is 7.25. The fraction of sp³-hybridized carbons (Fsp3) is 0.250. The smallest absolute Gasteiger partial charge is 0.226 e. The SMILES string of the molecule is CCC(NCc1coc(-c2cccc(C)c2)n1)c1ccccc1. The van der Waals surface area contributed by atoms with E-state index in [4.69, 9.17) is 4.42 Å². The van der Waals surface area contributed by atoms with Crippen molar-refractivity contribution in [3.63, 3.8) is 0 Å². The van der Waals surface area contributed by atoms with Gasteiger partial charge in [0, 0.05) is 18.2 Å². The van der Waals surface area contributed by atoms with Gasteiger partial charge in [-0.05, 0) is 31.0 Å². The molecule has 1 unspecified atom stereocenters. The van der Waals surface area contributed by atoms with Gasteiger partial charge in [0.1, 0.15) is 6.26 Å². The Morgan fingerprint density at radius 3 is 2.65 bits per heavy atom. The highest BCUT2D eigenvalue weighted by Gasteiger charge is 2.11. The van der Waals surface area contributed by atoms with Crippen LogP contribution in [0.15, 0.2) is 65.3 Å². The van der Waals surface area contributed by atoms with Crippen molar-refractivity contribution in [2.24, 2.45) is 0 Å². The van der Waals surface area contributed by atoms with E-state index in [0.29, 0.717) is 18.5 Å². The Balaban J connectivity index is 1.67. The van der Waals surface area contributed by atoms with Crippen molar-refractivity contribution < 1.29 is 4.42 Å². The molecule has 0 aliphatic carbocycles. The number of hydrogen-bond acceptors (Lipinski definition) is 3. The van der Waals surface area contributed by atoms with E-state index in [1.54, 1.807) is 6.26 Å². The summed E-state index contributed by atoms with van der Waals surface area (Å²) in [6.07, 6.45) is 2.77. The quantitative estimate of drug-likeness (QED) is 0.704. The molecule has 3 rings (SSSR count). The minimum atomic E-state index is 0.329. The van der Waals surface area contributed by atoms with E-state index < -0.39 is 0 Å². The number of benzene rings is 2. The van der Waals surface area contributed by atoms with E-state index in [0.717, 1.165) is 17.7 Å². The number of nitrogens with zero attached hydrogens (tertiary/aromatic N) is 1. The van der Waals surface area contributed by atoms with Gasteiger partial charge in [-0.25, -0.2) is 4.98 Å². The summed E-state index contributed by atoms with van der Waals surface area (Å²) >= 11 is 0. The molecule has 3 aromatic rings. The number of oxazole rings is 1. The van der Waals surface area contributed by atoms with Crippen molar-refractivity contribution in [2.75, 3.05) is 0 Å². The summed E-state index contributed by atoms with van der Waals surface area (Å²) < 4.78 is 5.63. The average molecular weight is 306 g/mol. The van der Waals surface area contributed by atoms with Gasteiger partial charge in [0.25, 0.3) is 0 Å². The van der Waals surface area contributed by atoms with Crippen LogP contribution in [0, 0.1) is 6.92 Å². The Labute approximate surface area is 137 Å². The van der Waals surface area contributed by atoms with E-state index >= 15 is 0 Å². The highest BCUT2D eigenvalue weighted by Crippen LogP contribution is 2.21. The first-order valence-corrected chi connectivity index (χ1v) is 8.06. The second-order valence-corrected chi connectivity index (χ2v) is 5.77. The van der Waals surface area contributed by atoms with Crippen LogP contribution in [-0.2, 0) is 6.54 Å². The third-order valence-corrected chi connectivity index (χ3v) is 3.96. The maximum Gasteiger partial charge on any atom is 0.226 e. The van der Waals surface area contributed by atoms with Gasteiger partial charge in [0.2, 0.25) is 5.89 Å². The predicted octanol–water partition coefficient (Wildman–Crippen LogP) is 4.89. The van der Waals surface area contributed by atoms with E-state index in [9.17, 15) is 0 Å².